The van der Waals surface area contributed by atoms with Gasteiger partial charge in [-0.3, -0.25) is 0 Å². The van der Waals surface area contributed by atoms with Crippen LogP contribution in [0.4, 0.5) is 5.95 Å². The van der Waals surface area contributed by atoms with Gasteiger partial charge in [-0.25, -0.2) is 9.97 Å². The van der Waals surface area contributed by atoms with Crippen molar-refractivity contribution in [3.63, 3.8) is 0 Å². The molecule has 4 nitrogen and oxygen atoms in total. The summed E-state index contributed by atoms with van der Waals surface area (Å²) in [5, 5.41) is 3.31. The number of hydrogen-bond donors (Lipinski definition) is 2. The van der Waals surface area contributed by atoms with Gasteiger partial charge in [0.05, 0.1) is 0 Å². The maximum absolute atomic E-state index is 6.04. The van der Waals surface area contributed by atoms with Crippen molar-refractivity contribution in [2.45, 2.75) is 37.8 Å². The highest BCUT2D eigenvalue weighted by atomic mass is 127. The van der Waals surface area contributed by atoms with Gasteiger partial charge in [0.1, 0.15) is 0 Å². The van der Waals surface area contributed by atoms with Crippen LogP contribution in [0.1, 0.15) is 25.7 Å². The highest BCUT2D eigenvalue weighted by molar-refractivity contribution is 14.1. The van der Waals surface area contributed by atoms with Crippen LogP contribution in [0.15, 0.2) is 12.4 Å². The molecule has 3 N–H and O–H groups in total. The van der Waals surface area contributed by atoms with Crippen molar-refractivity contribution in [2.75, 3.05) is 5.32 Å². The van der Waals surface area contributed by atoms with Gasteiger partial charge in [-0.1, -0.05) is 12.8 Å². The molecule has 15 heavy (non-hydrogen) atoms. The second-order valence-corrected chi connectivity index (χ2v) is 5.17. The molecule has 1 fully saturated rings. The SMILES string of the molecule is N[C@@H]1CCCC[C@H]1Nc1ncc(I)cn1. The van der Waals surface area contributed by atoms with E-state index in [2.05, 4.69) is 37.9 Å². The molecule has 82 valence electrons. The molecule has 1 aromatic rings. The molecule has 0 saturated heterocycles. The lowest BCUT2D eigenvalue weighted by molar-refractivity contribution is 0.402. The molecule has 2 atom stereocenters. The first-order valence-electron chi connectivity index (χ1n) is 5.25. The van der Waals surface area contributed by atoms with E-state index >= 15 is 0 Å². The van der Waals surface area contributed by atoms with Gasteiger partial charge in [-0.05, 0) is 35.4 Å². The fourth-order valence-electron chi connectivity index (χ4n) is 1.89. The van der Waals surface area contributed by atoms with Crippen molar-refractivity contribution in [3.05, 3.63) is 16.0 Å². The largest absolute Gasteiger partial charge is 0.350 e. The third-order valence-electron chi connectivity index (χ3n) is 2.75. The van der Waals surface area contributed by atoms with Gasteiger partial charge in [0.15, 0.2) is 0 Å². The summed E-state index contributed by atoms with van der Waals surface area (Å²) in [5.41, 5.74) is 6.04. The van der Waals surface area contributed by atoms with Crippen molar-refractivity contribution in [1.29, 1.82) is 0 Å². The molecule has 0 radical (unpaired) electrons. The summed E-state index contributed by atoms with van der Waals surface area (Å²) in [6.07, 6.45) is 8.33. The van der Waals surface area contributed by atoms with E-state index in [1.165, 1.54) is 12.8 Å². The van der Waals surface area contributed by atoms with Crippen LogP contribution < -0.4 is 11.1 Å². The minimum atomic E-state index is 0.238. The summed E-state index contributed by atoms with van der Waals surface area (Å²) in [6, 6.07) is 0.570. The first-order valence-corrected chi connectivity index (χ1v) is 6.33. The molecule has 1 saturated carbocycles. The second kappa shape index (κ2) is 5.07. The number of nitrogens with two attached hydrogens (primary N) is 1. The maximum atomic E-state index is 6.04. The fourth-order valence-corrected chi connectivity index (χ4v) is 2.17. The molecule has 0 unspecified atom stereocenters. The van der Waals surface area contributed by atoms with Crippen LogP contribution in [0.3, 0.4) is 0 Å². The molecule has 0 aromatic carbocycles. The zero-order valence-electron chi connectivity index (χ0n) is 8.49. The van der Waals surface area contributed by atoms with E-state index in [4.69, 9.17) is 5.73 Å². The highest BCUT2D eigenvalue weighted by Gasteiger charge is 2.21. The molecular formula is C10H15IN4. The van der Waals surface area contributed by atoms with Crippen LogP contribution in [0, 0.1) is 3.57 Å². The Kier molecular flexibility index (Phi) is 3.74. The number of nitrogens with one attached hydrogen (secondary N) is 1. The lowest BCUT2D eigenvalue weighted by Crippen LogP contribution is -2.42. The standard InChI is InChI=1S/C10H15IN4/c11-7-5-13-10(14-6-7)15-9-4-2-1-3-8(9)12/h5-6,8-9H,1-4,12H2,(H,13,14,15)/t8-,9-/m1/s1. The van der Waals surface area contributed by atoms with E-state index in [-0.39, 0.29) is 6.04 Å². The Bertz CT molecular complexity index is 314. The third-order valence-corrected chi connectivity index (χ3v) is 3.31. The molecular weight excluding hydrogens is 303 g/mol. The molecule has 2 rings (SSSR count). The van der Waals surface area contributed by atoms with Crippen molar-refractivity contribution in [3.8, 4) is 0 Å². The highest BCUT2D eigenvalue weighted by Crippen LogP contribution is 2.19. The number of rotatable bonds is 2. The van der Waals surface area contributed by atoms with Gasteiger partial charge < -0.3 is 11.1 Å². The Morgan fingerprint density at radius 3 is 2.60 bits per heavy atom. The van der Waals surface area contributed by atoms with Crippen molar-refractivity contribution >= 4 is 28.5 Å². The zero-order valence-corrected chi connectivity index (χ0v) is 10.6. The number of nitrogens with zero attached hydrogens (tertiary/aromatic N) is 2. The van der Waals surface area contributed by atoms with Crippen LogP contribution in [0.2, 0.25) is 0 Å². The average Bonchev–Trinajstić information content (AvgIpc) is 2.25. The van der Waals surface area contributed by atoms with Crippen LogP contribution in [0.25, 0.3) is 0 Å². The van der Waals surface area contributed by atoms with E-state index < -0.39 is 0 Å². The topological polar surface area (TPSA) is 63.8 Å². The van der Waals surface area contributed by atoms with Crippen LogP contribution in [-0.4, -0.2) is 22.1 Å². The second-order valence-electron chi connectivity index (χ2n) is 3.92. The van der Waals surface area contributed by atoms with E-state index in [0.717, 1.165) is 16.4 Å². The average molecular weight is 318 g/mol. The van der Waals surface area contributed by atoms with E-state index in [1.807, 2.05) is 12.4 Å². The fraction of sp³-hybridized carbons (Fsp3) is 0.600. The molecule has 0 bridgehead atoms. The predicted octanol–water partition coefficient (Wildman–Crippen LogP) is 1.76. The first kappa shape index (κ1) is 11.1. The number of halogens is 1. The predicted molar refractivity (Wildman–Crippen MR) is 68.6 cm³/mol. The summed E-state index contributed by atoms with van der Waals surface area (Å²) in [6.45, 7) is 0. The smallest absolute Gasteiger partial charge is 0.222 e. The number of aromatic nitrogens is 2. The van der Waals surface area contributed by atoms with Gasteiger partial charge in [0, 0.05) is 28.0 Å². The molecule has 0 spiro atoms. The van der Waals surface area contributed by atoms with E-state index in [9.17, 15) is 0 Å². The van der Waals surface area contributed by atoms with Crippen molar-refractivity contribution in [1.82, 2.24) is 9.97 Å². The molecule has 0 aliphatic heterocycles. The minimum Gasteiger partial charge on any atom is -0.350 e. The first-order chi connectivity index (χ1) is 7.25. The molecule has 1 heterocycles. The lowest BCUT2D eigenvalue weighted by Gasteiger charge is -2.29. The number of anilines is 1. The van der Waals surface area contributed by atoms with Crippen LogP contribution in [-0.2, 0) is 0 Å². The molecule has 1 aliphatic rings. The Morgan fingerprint density at radius 1 is 1.27 bits per heavy atom. The van der Waals surface area contributed by atoms with Crippen LogP contribution in [0.5, 0.6) is 0 Å². The van der Waals surface area contributed by atoms with Crippen molar-refractivity contribution < 1.29 is 0 Å². The number of hydrogen-bond acceptors (Lipinski definition) is 4. The quantitative estimate of drug-likeness (QED) is 0.816. The monoisotopic (exact) mass is 318 g/mol. The van der Waals surface area contributed by atoms with Crippen molar-refractivity contribution in [2.24, 2.45) is 5.73 Å². The molecule has 0 amide bonds. The van der Waals surface area contributed by atoms with Gasteiger partial charge in [0.2, 0.25) is 5.95 Å². The van der Waals surface area contributed by atoms with E-state index in [0.29, 0.717) is 12.0 Å². The van der Waals surface area contributed by atoms with Gasteiger partial charge in [-0.2, -0.15) is 0 Å². The lowest BCUT2D eigenvalue weighted by atomic mass is 9.91. The van der Waals surface area contributed by atoms with Gasteiger partial charge in [-0.15, -0.1) is 0 Å². The maximum Gasteiger partial charge on any atom is 0.222 e. The zero-order chi connectivity index (χ0) is 10.7. The summed E-state index contributed by atoms with van der Waals surface area (Å²) < 4.78 is 1.05. The third kappa shape index (κ3) is 3.01. The summed E-state index contributed by atoms with van der Waals surface area (Å²) in [4.78, 5) is 8.44. The normalized spacial score (nSPS) is 26.3. The minimum absolute atomic E-state index is 0.238. The summed E-state index contributed by atoms with van der Waals surface area (Å²) >= 11 is 2.19. The van der Waals surface area contributed by atoms with Gasteiger partial charge in [0.25, 0.3) is 0 Å². The Morgan fingerprint density at radius 2 is 1.93 bits per heavy atom. The van der Waals surface area contributed by atoms with Gasteiger partial charge >= 0.3 is 0 Å². The molecule has 1 aromatic heterocycles. The van der Waals surface area contributed by atoms with E-state index in [1.54, 1.807) is 0 Å². The Balaban J connectivity index is 1.98. The Hall–Kier alpha value is -0.430. The molecule has 5 heteroatoms. The van der Waals surface area contributed by atoms with Crippen LogP contribution >= 0.6 is 22.6 Å². The molecule has 1 aliphatic carbocycles. The summed E-state index contributed by atoms with van der Waals surface area (Å²) in [7, 11) is 0. The summed E-state index contributed by atoms with van der Waals surface area (Å²) in [5.74, 6) is 0.692. The Labute approximate surface area is 103 Å².